The van der Waals surface area contributed by atoms with E-state index in [2.05, 4.69) is 10.5 Å². The lowest BCUT2D eigenvalue weighted by Crippen LogP contribution is -2.26. The number of hydrogen-bond donors (Lipinski definition) is 1. The normalized spacial score (nSPS) is 25.0. The van der Waals surface area contributed by atoms with E-state index in [-0.39, 0.29) is 11.8 Å². The van der Waals surface area contributed by atoms with Gasteiger partial charge in [-0.3, -0.25) is 4.79 Å². The first kappa shape index (κ1) is 14.3. The zero-order valence-corrected chi connectivity index (χ0v) is 12.8. The van der Waals surface area contributed by atoms with Crippen molar-refractivity contribution in [3.8, 4) is 17.0 Å². The fourth-order valence-corrected chi connectivity index (χ4v) is 3.30. The van der Waals surface area contributed by atoms with E-state index in [1.54, 1.807) is 7.11 Å². The van der Waals surface area contributed by atoms with Gasteiger partial charge in [-0.1, -0.05) is 17.3 Å². The largest absolute Gasteiger partial charge is 0.496 e. The topological polar surface area (TPSA) is 73.6 Å². The number of carbonyl (C=O) groups is 1. The van der Waals surface area contributed by atoms with Gasteiger partial charge in [0.05, 0.1) is 26.9 Å². The molecule has 1 N–H and O–H groups in total. The minimum absolute atomic E-state index is 0.0820. The van der Waals surface area contributed by atoms with Gasteiger partial charge < -0.3 is 19.3 Å². The highest BCUT2D eigenvalue weighted by Gasteiger charge is 2.57. The summed E-state index contributed by atoms with van der Waals surface area (Å²) >= 11 is 0. The molecule has 4 rings (SSSR count). The molecule has 1 unspecified atom stereocenters. The zero-order chi connectivity index (χ0) is 15.8. The first-order valence-corrected chi connectivity index (χ1v) is 7.72. The van der Waals surface area contributed by atoms with Crippen LogP contribution in [0.1, 0.15) is 5.76 Å². The minimum atomic E-state index is 0.0820. The van der Waals surface area contributed by atoms with Gasteiger partial charge in [-0.25, -0.2) is 0 Å². The standard InChI is InChI=1S/C17H18N2O4/c1-21-15-5-3-2-4-11(15)14-6-10(23-19-14)7-18-17(20)16-12-8-22-9-13(12)16/h2-6,12-13,16H,7-9H2,1H3,(H,18,20)/t12-,13+,16?. The Morgan fingerprint density at radius 1 is 1.35 bits per heavy atom. The lowest BCUT2D eigenvalue weighted by Gasteiger charge is -2.05. The number of amides is 1. The molecule has 1 aliphatic carbocycles. The summed E-state index contributed by atoms with van der Waals surface area (Å²) < 4.78 is 15.9. The second kappa shape index (κ2) is 5.70. The summed E-state index contributed by atoms with van der Waals surface area (Å²) in [5.41, 5.74) is 1.56. The first-order valence-electron chi connectivity index (χ1n) is 7.72. The van der Waals surface area contributed by atoms with Crippen LogP contribution in [0.15, 0.2) is 34.9 Å². The Kier molecular flexibility index (Phi) is 3.53. The van der Waals surface area contributed by atoms with E-state index in [1.807, 2.05) is 30.3 Å². The van der Waals surface area contributed by atoms with Crippen LogP contribution in [0.2, 0.25) is 0 Å². The molecule has 1 aromatic heterocycles. The third-order valence-corrected chi connectivity index (χ3v) is 4.63. The smallest absolute Gasteiger partial charge is 0.224 e. The maximum atomic E-state index is 12.1. The van der Waals surface area contributed by atoms with Gasteiger partial charge in [0.15, 0.2) is 5.76 Å². The summed E-state index contributed by atoms with van der Waals surface area (Å²) in [4.78, 5) is 12.1. The van der Waals surface area contributed by atoms with Crippen molar-refractivity contribution < 1.29 is 18.8 Å². The molecule has 3 atom stereocenters. The molecule has 2 fully saturated rings. The second-order valence-electron chi connectivity index (χ2n) is 5.99. The van der Waals surface area contributed by atoms with Gasteiger partial charge in [0.2, 0.25) is 5.91 Å². The first-order chi connectivity index (χ1) is 11.3. The van der Waals surface area contributed by atoms with E-state index in [1.165, 1.54) is 0 Å². The number of benzene rings is 1. The average molecular weight is 314 g/mol. The number of hydrogen-bond acceptors (Lipinski definition) is 5. The van der Waals surface area contributed by atoms with Crippen LogP contribution in [-0.4, -0.2) is 31.4 Å². The predicted octanol–water partition coefficient (Wildman–Crippen LogP) is 1.86. The van der Waals surface area contributed by atoms with E-state index >= 15 is 0 Å². The molecule has 0 bridgehead atoms. The summed E-state index contributed by atoms with van der Waals surface area (Å²) in [6, 6.07) is 9.44. The monoisotopic (exact) mass is 314 g/mol. The maximum absolute atomic E-state index is 12.1. The Balaban J connectivity index is 1.39. The van der Waals surface area contributed by atoms with Crippen LogP contribution in [0.5, 0.6) is 5.75 Å². The molecule has 1 aliphatic heterocycles. The van der Waals surface area contributed by atoms with E-state index in [0.29, 0.717) is 43.0 Å². The fourth-order valence-electron chi connectivity index (χ4n) is 3.30. The molecule has 2 aromatic rings. The van der Waals surface area contributed by atoms with Crippen molar-refractivity contribution in [3.05, 3.63) is 36.1 Å². The van der Waals surface area contributed by atoms with Crippen molar-refractivity contribution in [2.45, 2.75) is 6.54 Å². The highest BCUT2D eigenvalue weighted by molar-refractivity contribution is 5.82. The molecule has 1 aromatic carbocycles. The van der Waals surface area contributed by atoms with Crippen LogP contribution in [0.4, 0.5) is 0 Å². The van der Waals surface area contributed by atoms with Crippen LogP contribution < -0.4 is 10.1 Å². The lowest BCUT2D eigenvalue weighted by molar-refractivity contribution is -0.123. The molecule has 1 saturated heterocycles. The summed E-state index contributed by atoms with van der Waals surface area (Å²) in [7, 11) is 1.62. The van der Waals surface area contributed by atoms with E-state index in [9.17, 15) is 4.79 Å². The van der Waals surface area contributed by atoms with Crippen LogP contribution in [0.25, 0.3) is 11.3 Å². The Bertz CT molecular complexity index is 717. The number of methoxy groups -OCH3 is 1. The van der Waals surface area contributed by atoms with Crippen LogP contribution >= 0.6 is 0 Å². The Labute approximate surface area is 133 Å². The number of rotatable bonds is 5. The number of nitrogens with zero attached hydrogens (tertiary/aromatic N) is 1. The van der Waals surface area contributed by atoms with Crippen molar-refractivity contribution in [1.82, 2.24) is 10.5 Å². The molecule has 1 saturated carbocycles. The second-order valence-corrected chi connectivity index (χ2v) is 5.99. The molecule has 6 nitrogen and oxygen atoms in total. The van der Waals surface area contributed by atoms with Gasteiger partial charge in [0.1, 0.15) is 11.4 Å². The van der Waals surface area contributed by atoms with Crippen molar-refractivity contribution >= 4 is 5.91 Å². The van der Waals surface area contributed by atoms with E-state index in [4.69, 9.17) is 14.0 Å². The zero-order valence-electron chi connectivity index (χ0n) is 12.8. The quantitative estimate of drug-likeness (QED) is 0.912. The highest BCUT2D eigenvalue weighted by atomic mass is 16.5. The molecule has 2 heterocycles. The van der Waals surface area contributed by atoms with Gasteiger partial charge in [-0.2, -0.15) is 0 Å². The molecule has 0 spiro atoms. The number of ether oxygens (including phenoxy) is 2. The van der Waals surface area contributed by atoms with Crippen LogP contribution in [-0.2, 0) is 16.1 Å². The summed E-state index contributed by atoms with van der Waals surface area (Å²) in [6.45, 7) is 1.77. The van der Waals surface area contributed by atoms with Crippen molar-refractivity contribution in [2.75, 3.05) is 20.3 Å². The third kappa shape index (κ3) is 2.59. The number of fused-ring (bicyclic) bond motifs is 1. The number of carbonyl (C=O) groups excluding carboxylic acids is 1. The van der Waals surface area contributed by atoms with Crippen molar-refractivity contribution in [2.24, 2.45) is 17.8 Å². The van der Waals surface area contributed by atoms with Gasteiger partial charge in [-0.15, -0.1) is 0 Å². The molecular weight excluding hydrogens is 296 g/mol. The summed E-state index contributed by atoms with van der Waals surface area (Å²) in [5, 5.41) is 6.99. The Morgan fingerprint density at radius 3 is 2.91 bits per heavy atom. The Hall–Kier alpha value is -2.34. The number of aromatic nitrogens is 1. The molecule has 120 valence electrons. The predicted molar refractivity (Wildman–Crippen MR) is 81.6 cm³/mol. The van der Waals surface area contributed by atoms with Gasteiger partial charge in [-0.05, 0) is 24.0 Å². The summed E-state index contributed by atoms with van der Waals surface area (Å²) in [5.74, 6) is 2.38. The van der Waals surface area contributed by atoms with Gasteiger partial charge >= 0.3 is 0 Å². The molecule has 0 radical (unpaired) electrons. The molecule has 23 heavy (non-hydrogen) atoms. The minimum Gasteiger partial charge on any atom is -0.496 e. The van der Waals surface area contributed by atoms with E-state index < -0.39 is 0 Å². The molecular formula is C17H18N2O4. The average Bonchev–Trinajstić information content (AvgIpc) is 2.97. The molecule has 6 heteroatoms. The van der Waals surface area contributed by atoms with Gasteiger partial charge in [0.25, 0.3) is 0 Å². The van der Waals surface area contributed by atoms with E-state index in [0.717, 1.165) is 11.3 Å². The van der Waals surface area contributed by atoms with Crippen LogP contribution in [0.3, 0.4) is 0 Å². The number of nitrogens with one attached hydrogen (secondary N) is 1. The van der Waals surface area contributed by atoms with Crippen LogP contribution in [0, 0.1) is 17.8 Å². The van der Waals surface area contributed by atoms with Crippen molar-refractivity contribution in [3.63, 3.8) is 0 Å². The lowest BCUT2D eigenvalue weighted by atomic mass is 10.1. The maximum Gasteiger partial charge on any atom is 0.224 e. The third-order valence-electron chi connectivity index (χ3n) is 4.63. The molecule has 2 aliphatic rings. The number of para-hydroxylation sites is 1. The SMILES string of the molecule is COc1ccccc1-c1cc(CNC(=O)C2[C@H]3COC[C@@H]23)on1. The summed E-state index contributed by atoms with van der Waals surface area (Å²) in [6.07, 6.45) is 0. The van der Waals surface area contributed by atoms with Crippen molar-refractivity contribution in [1.29, 1.82) is 0 Å². The molecule has 1 amide bonds. The fraction of sp³-hybridized carbons (Fsp3) is 0.412. The highest BCUT2D eigenvalue weighted by Crippen LogP contribution is 2.50. The Morgan fingerprint density at radius 2 is 2.13 bits per heavy atom. The van der Waals surface area contributed by atoms with Gasteiger partial charge in [0, 0.05) is 17.5 Å².